The van der Waals surface area contributed by atoms with Gasteiger partial charge in [0.05, 0.1) is 18.7 Å². The van der Waals surface area contributed by atoms with E-state index in [2.05, 4.69) is 0 Å². The average molecular weight is 317 g/mol. The van der Waals surface area contributed by atoms with Gasteiger partial charge in [-0.1, -0.05) is 32.9 Å². The van der Waals surface area contributed by atoms with E-state index in [1.165, 1.54) is 0 Å². The predicted octanol–water partition coefficient (Wildman–Crippen LogP) is 3.03. The van der Waals surface area contributed by atoms with E-state index >= 15 is 0 Å². The van der Waals surface area contributed by atoms with E-state index in [0.717, 1.165) is 12.0 Å². The second kappa shape index (κ2) is 6.86. The topological polar surface area (TPSA) is 66.8 Å². The number of rotatable bonds is 6. The maximum atomic E-state index is 12.5. The predicted molar refractivity (Wildman–Crippen MR) is 87.2 cm³/mol. The van der Waals surface area contributed by atoms with E-state index in [0.29, 0.717) is 12.3 Å². The summed E-state index contributed by atoms with van der Waals surface area (Å²) in [7, 11) is 1.58. The van der Waals surface area contributed by atoms with Crippen LogP contribution in [0.1, 0.15) is 38.8 Å². The summed E-state index contributed by atoms with van der Waals surface area (Å²) in [6.45, 7) is 5.97. The van der Waals surface area contributed by atoms with Gasteiger partial charge in [-0.25, -0.2) is 0 Å². The fraction of sp³-hybridized carbons (Fsp3) is 0.444. The zero-order valence-corrected chi connectivity index (χ0v) is 14.0. The normalized spacial score (nSPS) is 18.0. The highest BCUT2D eigenvalue weighted by Crippen LogP contribution is 2.39. The SMILES string of the molecule is CCCN1C(=O)C(O)=C(C(=O)C(C)C)C1c1ccc(OC)cc1. The third-order valence-corrected chi connectivity index (χ3v) is 3.99. The Morgan fingerprint density at radius 1 is 1.30 bits per heavy atom. The molecule has 0 fully saturated rings. The molecule has 1 N–H and O–H groups in total. The van der Waals surface area contributed by atoms with Crippen molar-refractivity contribution in [1.82, 2.24) is 4.90 Å². The number of ether oxygens (including phenoxy) is 1. The maximum absolute atomic E-state index is 12.5. The summed E-state index contributed by atoms with van der Waals surface area (Å²) in [5.74, 6) is -0.683. The van der Waals surface area contributed by atoms with Crippen LogP contribution in [0.25, 0.3) is 0 Å². The van der Waals surface area contributed by atoms with E-state index in [9.17, 15) is 14.7 Å². The zero-order valence-electron chi connectivity index (χ0n) is 14.0. The number of carbonyl (C=O) groups excluding carboxylic acids is 2. The Balaban J connectivity index is 2.51. The molecule has 1 aromatic carbocycles. The van der Waals surface area contributed by atoms with Gasteiger partial charge in [0.25, 0.3) is 5.91 Å². The summed E-state index contributed by atoms with van der Waals surface area (Å²) in [5.41, 5.74) is 0.990. The van der Waals surface area contributed by atoms with Crippen LogP contribution < -0.4 is 4.74 Å². The largest absolute Gasteiger partial charge is 0.503 e. The molecule has 0 radical (unpaired) electrons. The molecule has 0 saturated heterocycles. The van der Waals surface area contributed by atoms with Gasteiger partial charge in [-0.3, -0.25) is 9.59 Å². The van der Waals surface area contributed by atoms with Crippen molar-refractivity contribution in [3.8, 4) is 5.75 Å². The van der Waals surface area contributed by atoms with Gasteiger partial charge < -0.3 is 14.7 Å². The molecule has 5 nitrogen and oxygen atoms in total. The minimum Gasteiger partial charge on any atom is -0.503 e. The van der Waals surface area contributed by atoms with Crippen LogP contribution in [0.4, 0.5) is 0 Å². The van der Waals surface area contributed by atoms with Gasteiger partial charge in [-0.15, -0.1) is 0 Å². The highest BCUT2D eigenvalue weighted by atomic mass is 16.5. The lowest BCUT2D eigenvalue weighted by Gasteiger charge is -2.27. The van der Waals surface area contributed by atoms with Crippen molar-refractivity contribution < 1.29 is 19.4 Å². The first-order chi connectivity index (χ1) is 10.9. The van der Waals surface area contributed by atoms with Crippen LogP contribution in [-0.4, -0.2) is 35.4 Å². The van der Waals surface area contributed by atoms with Gasteiger partial charge in [0, 0.05) is 12.5 Å². The second-order valence-corrected chi connectivity index (χ2v) is 5.96. The third kappa shape index (κ3) is 3.09. The molecule has 1 amide bonds. The lowest BCUT2D eigenvalue weighted by molar-refractivity contribution is -0.129. The smallest absolute Gasteiger partial charge is 0.290 e. The molecular formula is C18H23NO4. The Morgan fingerprint density at radius 3 is 2.39 bits per heavy atom. The number of hydrogen-bond acceptors (Lipinski definition) is 4. The fourth-order valence-corrected chi connectivity index (χ4v) is 2.82. The Labute approximate surface area is 136 Å². The van der Waals surface area contributed by atoms with Crippen LogP contribution in [0.15, 0.2) is 35.6 Å². The van der Waals surface area contributed by atoms with Gasteiger partial charge in [0.1, 0.15) is 5.75 Å². The molecule has 2 rings (SSSR count). The minimum absolute atomic E-state index is 0.198. The van der Waals surface area contributed by atoms with Crippen molar-refractivity contribution in [2.24, 2.45) is 5.92 Å². The van der Waals surface area contributed by atoms with Gasteiger partial charge in [0.2, 0.25) is 0 Å². The molecule has 1 aromatic rings. The van der Waals surface area contributed by atoms with Crippen molar-refractivity contribution in [1.29, 1.82) is 0 Å². The first-order valence-corrected chi connectivity index (χ1v) is 7.84. The molecule has 0 bridgehead atoms. The monoisotopic (exact) mass is 317 g/mol. The highest BCUT2D eigenvalue weighted by molar-refractivity contribution is 6.09. The van der Waals surface area contributed by atoms with Crippen molar-refractivity contribution in [2.75, 3.05) is 13.7 Å². The van der Waals surface area contributed by atoms with Crippen LogP contribution in [-0.2, 0) is 9.59 Å². The lowest BCUT2D eigenvalue weighted by Crippen LogP contribution is -2.32. The summed E-state index contributed by atoms with van der Waals surface area (Å²) < 4.78 is 5.15. The van der Waals surface area contributed by atoms with Gasteiger partial charge >= 0.3 is 0 Å². The molecule has 1 aliphatic heterocycles. The number of benzene rings is 1. The number of ketones is 1. The number of Topliss-reactive ketones (excluding diaryl/α,β-unsaturated/α-hetero) is 1. The van der Waals surface area contributed by atoms with Crippen LogP contribution in [0.2, 0.25) is 0 Å². The quantitative estimate of drug-likeness (QED) is 0.876. The van der Waals surface area contributed by atoms with Gasteiger partial charge in [0.15, 0.2) is 11.5 Å². The Morgan fingerprint density at radius 2 is 1.91 bits per heavy atom. The number of carbonyl (C=O) groups is 2. The summed E-state index contributed by atoms with van der Waals surface area (Å²) in [5, 5.41) is 10.2. The third-order valence-electron chi connectivity index (χ3n) is 3.99. The summed E-state index contributed by atoms with van der Waals surface area (Å²) in [6, 6.07) is 6.69. The first-order valence-electron chi connectivity index (χ1n) is 7.84. The molecule has 1 atom stereocenters. The number of amides is 1. The Hall–Kier alpha value is -2.30. The van der Waals surface area contributed by atoms with E-state index in [4.69, 9.17) is 4.74 Å². The number of nitrogens with zero attached hydrogens (tertiary/aromatic N) is 1. The molecule has 124 valence electrons. The van der Waals surface area contributed by atoms with Crippen molar-refractivity contribution >= 4 is 11.7 Å². The Bertz CT molecular complexity index is 631. The molecule has 0 spiro atoms. The summed E-state index contributed by atoms with van der Waals surface area (Å²) in [4.78, 5) is 26.5. The molecular weight excluding hydrogens is 294 g/mol. The van der Waals surface area contributed by atoms with Crippen LogP contribution in [0.5, 0.6) is 5.75 Å². The molecule has 1 aliphatic rings. The summed E-state index contributed by atoms with van der Waals surface area (Å²) >= 11 is 0. The highest BCUT2D eigenvalue weighted by Gasteiger charge is 2.43. The molecule has 0 saturated carbocycles. The van der Waals surface area contributed by atoms with E-state index < -0.39 is 17.7 Å². The lowest BCUT2D eigenvalue weighted by atomic mass is 9.91. The van der Waals surface area contributed by atoms with E-state index in [1.54, 1.807) is 38.0 Å². The molecule has 0 aliphatic carbocycles. The molecule has 1 heterocycles. The minimum atomic E-state index is -0.539. The van der Waals surface area contributed by atoms with Crippen LogP contribution in [0.3, 0.4) is 0 Å². The molecule has 0 aromatic heterocycles. The van der Waals surface area contributed by atoms with Crippen LogP contribution >= 0.6 is 0 Å². The average Bonchev–Trinajstić information content (AvgIpc) is 2.79. The standard InChI is InChI=1S/C18H23NO4/c1-5-10-19-15(12-6-8-13(23-4)9-7-12)14(16(20)11(2)3)17(21)18(19)22/h6-9,11,15,21H,5,10H2,1-4H3. The fourth-order valence-electron chi connectivity index (χ4n) is 2.82. The number of aliphatic hydroxyl groups is 1. The van der Waals surface area contributed by atoms with Gasteiger partial charge in [-0.2, -0.15) is 0 Å². The van der Waals surface area contributed by atoms with Crippen molar-refractivity contribution in [3.05, 3.63) is 41.2 Å². The molecule has 1 unspecified atom stereocenters. The zero-order chi connectivity index (χ0) is 17.1. The Kier molecular flexibility index (Phi) is 5.08. The molecule has 5 heteroatoms. The van der Waals surface area contributed by atoms with Gasteiger partial charge in [-0.05, 0) is 24.1 Å². The number of aliphatic hydroxyl groups excluding tert-OH is 1. The number of hydrogen-bond donors (Lipinski definition) is 1. The maximum Gasteiger partial charge on any atom is 0.290 e. The second-order valence-electron chi connectivity index (χ2n) is 5.96. The van der Waals surface area contributed by atoms with E-state index in [-0.39, 0.29) is 17.3 Å². The van der Waals surface area contributed by atoms with Crippen LogP contribution in [0, 0.1) is 5.92 Å². The van der Waals surface area contributed by atoms with Crippen molar-refractivity contribution in [3.63, 3.8) is 0 Å². The van der Waals surface area contributed by atoms with E-state index in [1.807, 2.05) is 19.1 Å². The first kappa shape index (κ1) is 17.1. The number of methoxy groups -OCH3 is 1. The summed E-state index contributed by atoms with van der Waals surface area (Å²) in [6.07, 6.45) is 0.745. The molecule has 23 heavy (non-hydrogen) atoms. The van der Waals surface area contributed by atoms with Crippen molar-refractivity contribution in [2.45, 2.75) is 33.2 Å².